The molecule has 0 aliphatic rings. The van der Waals surface area contributed by atoms with E-state index in [0.717, 1.165) is 0 Å². The third-order valence-corrected chi connectivity index (χ3v) is 2.84. The molecule has 0 aliphatic heterocycles. The van der Waals surface area contributed by atoms with E-state index in [9.17, 15) is 13.2 Å². The molecule has 0 aliphatic carbocycles. The zero-order chi connectivity index (χ0) is 14.5. The standard InChI is InChI=1S/C13H19F3N2O/c1-3-18(9-13(14,15)16)8-11(17)10-6-4-5-7-12(10)19-2/h4-7,11H,3,8-9,17H2,1-2H3. The molecule has 1 atom stereocenters. The highest BCUT2D eigenvalue weighted by Gasteiger charge is 2.30. The fraction of sp³-hybridized carbons (Fsp3) is 0.538. The van der Waals surface area contributed by atoms with E-state index in [2.05, 4.69) is 0 Å². The van der Waals surface area contributed by atoms with Gasteiger partial charge >= 0.3 is 6.18 Å². The molecule has 108 valence electrons. The van der Waals surface area contributed by atoms with Crippen molar-refractivity contribution in [2.45, 2.75) is 19.1 Å². The summed E-state index contributed by atoms with van der Waals surface area (Å²) in [6.45, 7) is 1.16. The molecule has 0 amide bonds. The first-order valence-corrected chi connectivity index (χ1v) is 6.05. The Morgan fingerprint density at radius 3 is 2.47 bits per heavy atom. The molecule has 1 unspecified atom stereocenters. The fourth-order valence-corrected chi connectivity index (χ4v) is 1.91. The van der Waals surface area contributed by atoms with Crippen molar-refractivity contribution in [3.05, 3.63) is 29.8 Å². The van der Waals surface area contributed by atoms with Crippen LogP contribution in [0, 0.1) is 0 Å². The van der Waals surface area contributed by atoms with Gasteiger partial charge in [0.2, 0.25) is 0 Å². The van der Waals surface area contributed by atoms with Gasteiger partial charge in [-0.2, -0.15) is 13.2 Å². The van der Waals surface area contributed by atoms with Crippen LogP contribution in [0.4, 0.5) is 13.2 Å². The van der Waals surface area contributed by atoms with Gasteiger partial charge in [-0.3, -0.25) is 4.90 Å². The summed E-state index contributed by atoms with van der Waals surface area (Å²) in [5, 5.41) is 0. The minimum Gasteiger partial charge on any atom is -0.496 e. The van der Waals surface area contributed by atoms with Gasteiger partial charge in [-0.05, 0) is 12.6 Å². The van der Waals surface area contributed by atoms with Gasteiger partial charge in [-0.15, -0.1) is 0 Å². The van der Waals surface area contributed by atoms with Gasteiger partial charge in [0.25, 0.3) is 0 Å². The van der Waals surface area contributed by atoms with Crippen molar-refractivity contribution < 1.29 is 17.9 Å². The second-order valence-corrected chi connectivity index (χ2v) is 4.29. The highest BCUT2D eigenvalue weighted by Crippen LogP contribution is 2.25. The first kappa shape index (κ1) is 15.8. The number of ether oxygens (including phenoxy) is 1. The average molecular weight is 276 g/mol. The molecule has 0 aromatic heterocycles. The Kier molecular flexibility index (Phi) is 5.62. The SMILES string of the molecule is CCN(CC(N)c1ccccc1OC)CC(F)(F)F. The maximum atomic E-state index is 12.4. The van der Waals surface area contributed by atoms with Crippen molar-refractivity contribution in [3.63, 3.8) is 0 Å². The molecule has 0 fully saturated rings. The summed E-state index contributed by atoms with van der Waals surface area (Å²) < 4.78 is 42.3. The van der Waals surface area contributed by atoms with Crippen molar-refractivity contribution in [2.75, 3.05) is 26.7 Å². The maximum Gasteiger partial charge on any atom is 0.401 e. The number of methoxy groups -OCH3 is 1. The zero-order valence-electron chi connectivity index (χ0n) is 11.1. The Hall–Kier alpha value is -1.27. The molecular weight excluding hydrogens is 257 g/mol. The summed E-state index contributed by atoms with van der Waals surface area (Å²) in [5.74, 6) is 0.595. The van der Waals surface area contributed by atoms with E-state index >= 15 is 0 Å². The molecule has 19 heavy (non-hydrogen) atoms. The van der Waals surface area contributed by atoms with Crippen LogP contribution in [0.2, 0.25) is 0 Å². The number of nitrogens with zero attached hydrogens (tertiary/aromatic N) is 1. The topological polar surface area (TPSA) is 38.5 Å². The van der Waals surface area contributed by atoms with E-state index in [1.54, 1.807) is 31.2 Å². The van der Waals surface area contributed by atoms with Crippen molar-refractivity contribution in [3.8, 4) is 5.75 Å². The predicted octanol–water partition coefficient (Wildman–Crippen LogP) is 2.58. The second-order valence-electron chi connectivity index (χ2n) is 4.29. The predicted molar refractivity (Wildman–Crippen MR) is 68.1 cm³/mol. The van der Waals surface area contributed by atoms with Gasteiger partial charge in [0, 0.05) is 18.2 Å². The Morgan fingerprint density at radius 1 is 1.32 bits per heavy atom. The smallest absolute Gasteiger partial charge is 0.401 e. The monoisotopic (exact) mass is 276 g/mol. The average Bonchev–Trinajstić information content (AvgIpc) is 2.36. The minimum absolute atomic E-state index is 0.135. The van der Waals surface area contributed by atoms with E-state index in [-0.39, 0.29) is 6.54 Å². The third kappa shape index (κ3) is 5.08. The summed E-state index contributed by atoms with van der Waals surface area (Å²) in [4.78, 5) is 1.27. The largest absolute Gasteiger partial charge is 0.496 e. The Balaban J connectivity index is 2.74. The summed E-state index contributed by atoms with van der Waals surface area (Å²) >= 11 is 0. The van der Waals surface area contributed by atoms with Gasteiger partial charge in [-0.25, -0.2) is 0 Å². The van der Waals surface area contributed by atoms with Crippen molar-refractivity contribution in [1.29, 1.82) is 0 Å². The number of rotatable bonds is 6. The molecule has 0 saturated heterocycles. The number of alkyl halides is 3. The number of nitrogens with two attached hydrogens (primary N) is 1. The summed E-state index contributed by atoms with van der Waals surface area (Å²) in [7, 11) is 1.51. The van der Waals surface area contributed by atoms with Crippen molar-refractivity contribution in [1.82, 2.24) is 4.90 Å². The van der Waals surface area contributed by atoms with Crippen LogP contribution in [-0.2, 0) is 0 Å². The fourth-order valence-electron chi connectivity index (χ4n) is 1.91. The number of halogens is 3. The minimum atomic E-state index is -4.21. The normalized spacial score (nSPS) is 13.6. The molecule has 0 spiro atoms. The number of likely N-dealkylation sites (N-methyl/N-ethyl adjacent to an activating group) is 1. The summed E-state index contributed by atoms with van der Waals surface area (Å²) in [6.07, 6.45) is -4.21. The third-order valence-electron chi connectivity index (χ3n) is 2.84. The summed E-state index contributed by atoms with van der Waals surface area (Å²) in [6, 6.07) is 6.58. The Labute approximate surface area is 111 Å². The molecule has 1 aromatic rings. The highest BCUT2D eigenvalue weighted by molar-refractivity contribution is 5.35. The van der Waals surface area contributed by atoms with Gasteiger partial charge in [0.15, 0.2) is 0 Å². The molecule has 6 heteroatoms. The lowest BCUT2D eigenvalue weighted by atomic mass is 10.1. The van der Waals surface area contributed by atoms with Crippen LogP contribution < -0.4 is 10.5 Å². The molecule has 2 N–H and O–H groups in total. The van der Waals surface area contributed by atoms with E-state index in [1.807, 2.05) is 0 Å². The van der Waals surface area contributed by atoms with Crippen LogP contribution in [0.5, 0.6) is 5.75 Å². The number of benzene rings is 1. The van der Waals surface area contributed by atoms with Gasteiger partial charge in [-0.1, -0.05) is 25.1 Å². The molecular formula is C13H19F3N2O. The molecule has 0 heterocycles. The van der Waals surface area contributed by atoms with Crippen molar-refractivity contribution >= 4 is 0 Å². The van der Waals surface area contributed by atoms with Crippen LogP contribution in [0.25, 0.3) is 0 Å². The van der Waals surface area contributed by atoms with E-state index in [0.29, 0.717) is 17.9 Å². The van der Waals surface area contributed by atoms with Crippen LogP contribution in [0.1, 0.15) is 18.5 Å². The first-order chi connectivity index (χ1) is 8.87. The van der Waals surface area contributed by atoms with Crippen molar-refractivity contribution in [2.24, 2.45) is 5.73 Å². The van der Waals surface area contributed by atoms with E-state index in [4.69, 9.17) is 10.5 Å². The number of para-hydroxylation sites is 1. The quantitative estimate of drug-likeness (QED) is 0.868. The maximum absolute atomic E-state index is 12.4. The van der Waals surface area contributed by atoms with Crippen LogP contribution in [-0.4, -0.2) is 37.8 Å². The van der Waals surface area contributed by atoms with Crippen LogP contribution >= 0.6 is 0 Å². The molecule has 0 bridgehead atoms. The summed E-state index contributed by atoms with van der Waals surface area (Å²) in [5.41, 5.74) is 6.69. The second kappa shape index (κ2) is 6.77. The lowest BCUT2D eigenvalue weighted by Gasteiger charge is -2.26. The lowest BCUT2D eigenvalue weighted by molar-refractivity contribution is -0.145. The Bertz CT molecular complexity index is 396. The first-order valence-electron chi connectivity index (χ1n) is 6.05. The van der Waals surface area contributed by atoms with E-state index < -0.39 is 18.8 Å². The molecule has 1 aromatic carbocycles. The van der Waals surface area contributed by atoms with Gasteiger partial charge in [0.1, 0.15) is 5.75 Å². The molecule has 0 radical (unpaired) electrons. The van der Waals surface area contributed by atoms with Gasteiger partial charge < -0.3 is 10.5 Å². The zero-order valence-corrected chi connectivity index (χ0v) is 11.1. The lowest BCUT2D eigenvalue weighted by Crippen LogP contribution is -2.38. The number of hydrogen-bond acceptors (Lipinski definition) is 3. The highest BCUT2D eigenvalue weighted by atomic mass is 19.4. The molecule has 3 nitrogen and oxygen atoms in total. The molecule has 0 saturated carbocycles. The van der Waals surface area contributed by atoms with Crippen LogP contribution in [0.3, 0.4) is 0 Å². The molecule has 1 rings (SSSR count). The van der Waals surface area contributed by atoms with E-state index in [1.165, 1.54) is 12.0 Å². The van der Waals surface area contributed by atoms with Gasteiger partial charge in [0.05, 0.1) is 13.7 Å². The Morgan fingerprint density at radius 2 is 1.95 bits per heavy atom. The van der Waals surface area contributed by atoms with Crippen LogP contribution in [0.15, 0.2) is 24.3 Å². The number of hydrogen-bond donors (Lipinski definition) is 1.